The Labute approximate surface area is 63.3 Å². The molecule has 0 aromatic heterocycles. The van der Waals surface area contributed by atoms with Gasteiger partial charge in [-0.1, -0.05) is 6.92 Å². The van der Waals surface area contributed by atoms with Gasteiger partial charge in [0.15, 0.2) is 0 Å². The monoisotopic (exact) mass is 152 g/mol. The van der Waals surface area contributed by atoms with E-state index in [2.05, 4.69) is 0 Å². The molecule has 10 heavy (non-hydrogen) atoms. The number of rotatable bonds is 1. The zero-order valence-corrected chi connectivity index (χ0v) is 7.33. The van der Waals surface area contributed by atoms with Crippen LogP contribution in [0.1, 0.15) is 27.2 Å². The molecular formula is C7H20O3. The number of aliphatic hydroxyl groups is 3. The van der Waals surface area contributed by atoms with Crippen molar-refractivity contribution in [3.8, 4) is 0 Å². The van der Waals surface area contributed by atoms with Crippen molar-refractivity contribution in [2.24, 2.45) is 0 Å². The first kappa shape index (κ1) is 16.5. The largest absolute Gasteiger partial charge is 0.400 e. The van der Waals surface area contributed by atoms with Crippen molar-refractivity contribution in [3.05, 3.63) is 0 Å². The minimum absolute atomic E-state index is 0.167. The van der Waals surface area contributed by atoms with Gasteiger partial charge in [-0.3, -0.25) is 0 Å². The third-order valence-electron chi connectivity index (χ3n) is 0.224. The van der Waals surface area contributed by atoms with Gasteiger partial charge in [0.1, 0.15) is 0 Å². The van der Waals surface area contributed by atoms with E-state index in [0.717, 1.165) is 13.5 Å². The molecule has 66 valence electrons. The molecule has 0 fully saturated rings. The Kier molecular flexibility index (Phi) is 38.1. The lowest BCUT2D eigenvalue weighted by Crippen LogP contribution is -1.85. The number of hydrogen-bond donors (Lipinski definition) is 3. The first-order valence-corrected chi connectivity index (χ1v) is 3.38. The summed E-state index contributed by atoms with van der Waals surface area (Å²) in [5, 5.41) is 22.9. The highest BCUT2D eigenvalue weighted by Gasteiger charge is 1.69. The van der Waals surface area contributed by atoms with E-state index in [9.17, 15) is 0 Å². The number of hydrogen-bond acceptors (Lipinski definition) is 3. The van der Waals surface area contributed by atoms with Crippen molar-refractivity contribution in [2.75, 3.05) is 13.7 Å². The highest BCUT2D eigenvalue weighted by Crippen LogP contribution is 1.65. The second kappa shape index (κ2) is 23.2. The van der Waals surface area contributed by atoms with Crippen LogP contribution < -0.4 is 0 Å². The second-order valence-electron chi connectivity index (χ2n) is 1.82. The van der Waals surface area contributed by atoms with Crippen molar-refractivity contribution in [1.29, 1.82) is 0 Å². The summed E-state index contributed by atoms with van der Waals surface area (Å²) in [5.74, 6) is 0. The van der Waals surface area contributed by atoms with Gasteiger partial charge in [-0.25, -0.2) is 0 Å². The predicted molar refractivity (Wildman–Crippen MR) is 42.9 cm³/mol. The maximum Gasteiger partial charge on any atom is 0.0483 e. The van der Waals surface area contributed by atoms with E-state index >= 15 is 0 Å². The summed E-state index contributed by atoms with van der Waals surface area (Å²) in [7, 11) is 1.00. The van der Waals surface area contributed by atoms with Crippen LogP contribution in [0.15, 0.2) is 0 Å². The molecule has 0 rings (SSSR count). The van der Waals surface area contributed by atoms with Crippen molar-refractivity contribution < 1.29 is 15.3 Å². The molecule has 0 radical (unpaired) electrons. The minimum Gasteiger partial charge on any atom is -0.400 e. The van der Waals surface area contributed by atoms with Gasteiger partial charge in [0, 0.05) is 19.8 Å². The fraction of sp³-hybridized carbons (Fsp3) is 1.00. The molecule has 0 saturated heterocycles. The molecule has 0 amide bonds. The molecule has 3 nitrogen and oxygen atoms in total. The fourth-order valence-electron chi connectivity index (χ4n) is 0. The highest BCUT2D eigenvalue weighted by atomic mass is 16.3. The lowest BCUT2D eigenvalue weighted by Gasteiger charge is -1.80. The molecule has 0 heterocycles. The van der Waals surface area contributed by atoms with Crippen LogP contribution in [0.25, 0.3) is 0 Å². The van der Waals surface area contributed by atoms with Crippen LogP contribution in [-0.4, -0.2) is 35.1 Å². The zero-order chi connectivity index (χ0) is 8.99. The molecular weight excluding hydrogens is 132 g/mol. The maximum absolute atomic E-state index is 8.06. The second-order valence-corrected chi connectivity index (χ2v) is 1.82. The third kappa shape index (κ3) is 482. The summed E-state index contributed by atoms with van der Waals surface area (Å²) in [5.41, 5.74) is 0. The molecule has 0 unspecified atom stereocenters. The molecule has 0 atom stereocenters. The molecule has 3 heteroatoms. The van der Waals surface area contributed by atoms with E-state index in [0.29, 0.717) is 6.61 Å². The molecule has 0 aromatic rings. The first-order chi connectivity index (χ1) is 4.65. The Hall–Kier alpha value is -0.120. The zero-order valence-electron chi connectivity index (χ0n) is 7.33. The summed E-state index contributed by atoms with van der Waals surface area (Å²) in [6, 6.07) is 0. The van der Waals surface area contributed by atoms with E-state index in [1.807, 2.05) is 6.92 Å². The van der Waals surface area contributed by atoms with Gasteiger partial charge in [0.2, 0.25) is 0 Å². The minimum atomic E-state index is -0.167. The van der Waals surface area contributed by atoms with Gasteiger partial charge in [-0.05, 0) is 20.3 Å². The van der Waals surface area contributed by atoms with Gasteiger partial charge in [0.05, 0.1) is 0 Å². The van der Waals surface area contributed by atoms with E-state index in [4.69, 9.17) is 15.3 Å². The molecule has 0 aromatic carbocycles. The summed E-state index contributed by atoms with van der Waals surface area (Å²) in [6.45, 7) is 5.69. The van der Waals surface area contributed by atoms with Crippen LogP contribution in [0.5, 0.6) is 0 Å². The van der Waals surface area contributed by atoms with Crippen molar-refractivity contribution in [3.63, 3.8) is 0 Å². The van der Waals surface area contributed by atoms with Crippen LogP contribution in [0, 0.1) is 0 Å². The highest BCUT2D eigenvalue weighted by molar-refractivity contribution is 4.20. The third-order valence-corrected chi connectivity index (χ3v) is 0.224. The summed E-state index contributed by atoms with van der Waals surface area (Å²) >= 11 is 0. The topological polar surface area (TPSA) is 60.7 Å². The van der Waals surface area contributed by atoms with Crippen molar-refractivity contribution in [1.82, 2.24) is 0 Å². The van der Waals surface area contributed by atoms with Crippen LogP contribution >= 0.6 is 0 Å². The van der Waals surface area contributed by atoms with Crippen LogP contribution in [0.2, 0.25) is 0 Å². The Balaban J connectivity index is -0.0000000787. The molecule has 0 saturated carbocycles. The molecule has 3 N–H and O–H groups in total. The molecule has 0 aliphatic carbocycles. The SMILES string of the molecule is CC(C)O.CCCO.CO. The fourth-order valence-corrected chi connectivity index (χ4v) is 0. The van der Waals surface area contributed by atoms with Crippen molar-refractivity contribution in [2.45, 2.75) is 33.3 Å². The van der Waals surface area contributed by atoms with Gasteiger partial charge < -0.3 is 15.3 Å². The summed E-state index contributed by atoms with van der Waals surface area (Å²) in [6.07, 6.45) is 0.708. The van der Waals surface area contributed by atoms with Crippen LogP contribution in [0.3, 0.4) is 0 Å². The molecule has 0 aliphatic rings. The Morgan fingerprint density at radius 2 is 1.30 bits per heavy atom. The molecule has 0 aliphatic heterocycles. The van der Waals surface area contributed by atoms with Crippen LogP contribution in [0.4, 0.5) is 0 Å². The van der Waals surface area contributed by atoms with Crippen molar-refractivity contribution >= 4 is 0 Å². The van der Waals surface area contributed by atoms with Gasteiger partial charge in [-0.2, -0.15) is 0 Å². The summed E-state index contributed by atoms with van der Waals surface area (Å²) in [4.78, 5) is 0. The maximum atomic E-state index is 8.06. The molecule has 0 bridgehead atoms. The van der Waals surface area contributed by atoms with Crippen LogP contribution in [-0.2, 0) is 0 Å². The lowest BCUT2D eigenvalue weighted by atomic mass is 10.5. The quantitative estimate of drug-likeness (QED) is 0.509. The Morgan fingerprint density at radius 1 is 1.20 bits per heavy atom. The normalized spacial score (nSPS) is 7.20. The number of aliphatic hydroxyl groups excluding tert-OH is 3. The average molecular weight is 152 g/mol. The van der Waals surface area contributed by atoms with E-state index in [1.54, 1.807) is 13.8 Å². The van der Waals surface area contributed by atoms with E-state index < -0.39 is 0 Å². The first-order valence-electron chi connectivity index (χ1n) is 3.38. The smallest absolute Gasteiger partial charge is 0.0483 e. The Morgan fingerprint density at radius 3 is 1.30 bits per heavy atom. The van der Waals surface area contributed by atoms with Gasteiger partial charge in [0.25, 0.3) is 0 Å². The van der Waals surface area contributed by atoms with Gasteiger partial charge in [-0.15, -0.1) is 0 Å². The van der Waals surface area contributed by atoms with Gasteiger partial charge >= 0.3 is 0 Å². The average Bonchev–Trinajstić information content (AvgIpc) is 1.91. The van der Waals surface area contributed by atoms with E-state index in [-0.39, 0.29) is 6.10 Å². The molecule has 0 spiro atoms. The lowest BCUT2D eigenvalue weighted by molar-refractivity contribution is 0.216. The Bertz CT molecular complexity index is 25.3. The van der Waals surface area contributed by atoms with E-state index in [1.165, 1.54) is 0 Å². The summed E-state index contributed by atoms with van der Waals surface area (Å²) < 4.78 is 0. The predicted octanol–water partition coefficient (Wildman–Crippen LogP) is 0.384. The standard InChI is InChI=1S/2C3H8O.CH4O/c1-3(2)4;1-2-3-4;1-2/h3-4H,1-2H3;4H,2-3H2,1H3;2H,1H3.